The molecule has 0 amide bonds. The largest absolute Gasteiger partial charge is 0.347 e. The van der Waals surface area contributed by atoms with Gasteiger partial charge in [-0.1, -0.05) is 95.3 Å². The van der Waals surface area contributed by atoms with E-state index in [4.69, 9.17) is 4.99 Å². The Kier molecular flexibility index (Phi) is 6.66. The molecule has 0 spiro atoms. The number of aliphatic imine (C=N–C) groups is 1. The molecular formula is C23H24BrN3. The molecule has 0 radical (unpaired) electrons. The van der Waals surface area contributed by atoms with Gasteiger partial charge in [0.2, 0.25) is 0 Å². The fourth-order valence-corrected chi connectivity index (χ4v) is 3.50. The molecule has 0 bridgehead atoms. The Morgan fingerprint density at radius 1 is 1.07 bits per heavy atom. The molecule has 1 aliphatic heterocycles. The molecule has 3 rings (SSSR count). The van der Waals surface area contributed by atoms with Gasteiger partial charge in [0.05, 0.1) is 18.6 Å². The number of guanidine groups is 1. The van der Waals surface area contributed by atoms with Crippen molar-refractivity contribution >= 4 is 21.9 Å². The van der Waals surface area contributed by atoms with Crippen molar-refractivity contribution in [2.24, 2.45) is 4.99 Å². The average molecular weight is 422 g/mol. The van der Waals surface area contributed by atoms with Crippen LogP contribution in [0.2, 0.25) is 0 Å². The Balaban J connectivity index is 1.83. The van der Waals surface area contributed by atoms with Crippen molar-refractivity contribution in [1.82, 2.24) is 10.6 Å². The summed E-state index contributed by atoms with van der Waals surface area (Å²) in [4.78, 5) is 4.76. The van der Waals surface area contributed by atoms with Crippen molar-refractivity contribution in [2.45, 2.75) is 25.6 Å². The van der Waals surface area contributed by atoms with E-state index in [2.05, 4.69) is 76.5 Å². The molecule has 0 saturated carbocycles. The molecule has 2 atom stereocenters. The summed E-state index contributed by atoms with van der Waals surface area (Å²) in [5, 5.41) is 7.11. The molecule has 3 nitrogen and oxygen atoms in total. The zero-order chi connectivity index (χ0) is 19.1. The molecule has 0 aromatic heterocycles. The van der Waals surface area contributed by atoms with Gasteiger partial charge in [0.1, 0.15) is 0 Å². The van der Waals surface area contributed by atoms with E-state index in [1.54, 1.807) is 6.08 Å². The van der Waals surface area contributed by atoms with E-state index < -0.39 is 0 Å². The lowest BCUT2D eigenvalue weighted by molar-refractivity contribution is 0.589. The van der Waals surface area contributed by atoms with Gasteiger partial charge in [0, 0.05) is 4.47 Å². The minimum atomic E-state index is 0.137. The van der Waals surface area contributed by atoms with Crippen LogP contribution >= 0.6 is 15.9 Å². The van der Waals surface area contributed by atoms with Gasteiger partial charge in [-0.15, -0.1) is 0 Å². The van der Waals surface area contributed by atoms with E-state index in [9.17, 15) is 0 Å². The average Bonchev–Trinajstić information content (AvgIpc) is 3.13. The van der Waals surface area contributed by atoms with Gasteiger partial charge in [-0.25, -0.2) is 4.99 Å². The quantitative estimate of drug-likeness (QED) is 0.621. The molecule has 0 aliphatic carbocycles. The summed E-state index contributed by atoms with van der Waals surface area (Å²) in [5.41, 5.74) is 3.64. The van der Waals surface area contributed by atoms with Gasteiger partial charge < -0.3 is 10.6 Å². The molecule has 1 aliphatic rings. The normalized spacial score (nSPS) is 21.3. The predicted octanol–water partition coefficient (Wildman–Crippen LogP) is 5.30. The molecule has 4 heteroatoms. The highest BCUT2D eigenvalue weighted by Gasteiger charge is 2.32. The summed E-state index contributed by atoms with van der Waals surface area (Å²) >= 11 is 3.59. The third kappa shape index (κ3) is 4.98. The van der Waals surface area contributed by atoms with Gasteiger partial charge in [0.25, 0.3) is 0 Å². The van der Waals surface area contributed by atoms with Crippen LogP contribution in [0.15, 0.2) is 101 Å². The van der Waals surface area contributed by atoms with E-state index in [1.807, 2.05) is 36.4 Å². The van der Waals surface area contributed by atoms with E-state index in [1.165, 1.54) is 11.1 Å². The SMILES string of the molecule is C=C/C=C\C=C(/C)[C@H]1NC(=NCc2ccccc2Br)N[C@H]1c1ccccc1. The van der Waals surface area contributed by atoms with Crippen molar-refractivity contribution in [2.75, 3.05) is 0 Å². The van der Waals surface area contributed by atoms with Crippen molar-refractivity contribution in [3.63, 3.8) is 0 Å². The summed E-state index contributed by atoms with van der Waals surface area (Å²) in [6, 6.07) is 18.9. The van der Waals surface area contributed by atoms with E-state index in [0.717, 1.165) is 16.0 Å². The van der Waals surface area contributed by atoms with Crippen LogP contribution in [0.1, 0.15) is 24.1 Å². The summed E-state index contributed by atoms with van der Waals surface area (Å²) < 4.78 is 1.08. The van der Waals surface area contributed by atoms with E-state index in [0.29, 0.717) is 6.54 Å². The molecule has 27 heavy (non-hydrogen) atoms. The fourth-order valence-electron chi connectivity index (χ4n) is 3.09. The molecule has 2 aromatic carbocycles. The summed E-state index contributed by atoms with van der Waals surface area (Å²) in [6.07, 6.45) is 7.85. The van der Waals surface area contributed by atoms with Gasteiger partial charge in [-0.05, 0) is 29.7 Å². The maximum absolute atomic E-state index is 4.76. The third-order valence-corrected chi connectivity index (χ3v) is 5.31. The first-order chi connectivity index (χ1) is 13.2. The summed E-state index contributed by atoms with van der Waals surface area (Å²) in [7, 11) is 0. The van der Waals surface area contributed by atoms with Crippen molar-refractivity contribution in [3.8, 4) is 0 Å². The first kappa shape index (κ1) is 19.2. The molecule has 1 heterocycles. The molecule has 0 unspecified atom stereocenters. The Bertz CT molecular complexity index is 868. The number of hydrogen-bond acceptors (Lipinski definition) is 1. The second kappa shape index (κ2) is 9.38. The fraction of sp³-hybridized carbons (Fsp3) is 0.174. The Morgan fingerprint density at radius 2 is 1.81 bits per heavy atom. The van der Waals surface area contributed by atoms with Crippen LogP contribution in [0.3, 0.4) is 0 Å². The molecule has 2 N–H and O–H groups in total. The van der Waals surface area contributed by atoms with Crippen LogP contribution in [0, 0.1) is 0 Å². The lowest BCUT2D eigenvalue weighted by Gasteiger charge is -2.19. The number of allylic oxidation sites excluding steroid dienone is 4. The summed E-state index contributed by atoms with van der Waals surface area (Å²) in [5.74, 6) is 0.824. The van der Waals surface area contributed by atoms with E-state index >= 15 is 0 Å². The Morgan fingerprint density at radius 3 is 2.56 bits per heavy atom. The zero-order valence-corrected chi connectivity index (χ0v) is 17.0. The molecule has 1 saturated heterocycles. The van der Waals surface area contributed by atoms with Crippen molar-refractivity contribution in [1.29, 1.82) is 0 Å². The van der Waals surface area contributed by atoms with Gasteiger partial charge in [0.15, 0.2) is 5.96 Å². The minimum absolute atomic E-state index is 0.137. The Labute approximate surface area is 169 Å². The van der Waals surface area contributed by atoms with Crippen molar-refractivity contribution in [3.05, 3.63) is 107 Å². The van der Waals surface area contributed by atoms with Crippen molar-refractivity contribution < 1.29 is 0 Å². The Hall–Kier alpha value is -2.59. The maximum atomic E-state index is 4.76. The number of benzene rings is 2. The second-order valence-corrected chi connectivity index (χ2v) is 7.30. The first-order valence-corrected chi connectivity index (χ1v) is 9.80. The molecule has 2 aromatic rings. The maximum Gasteiger partial charge on any atom is 0.192 e. The number of nitrogens with zero attached hydrogens (tertiary/aromatic N) is 1. The number of rotatable bonds is 6. The smallest absolute Gasteiger partial charge is 0.192 e. The second-order valence-electron chi connectivity index (χ2n) is 6.44. The molecule has 1 fully saturated rings. The predicted molar refractivity (Wildman–Crippen MR) is 118 cm³/mol. The molecule has 138 valence electrons. The van der Waals surface area contributed by atoms with Crippen LogP contribution < -0.4 is 10.6 Å². The number of halogens is 1. The van der Waals surface area contributed by atoms with Crippen LogP contribution in [-0.4, -0.2) is 12.0 Å². The van der Waals surface area contributed by atoms with Gasteiger partial charge >= 0.3 is 0 Å². The van der Waals surface area contributed by atoms with Gasteiger partial charge in [-0.3, -0.25) is 0 Å². The monoisotopic (exact) mass is 421 g/mol. The lowest BCUT2D eigenvalue weighted by Crippen LogP contribution is -2.29. The standard InChI is InChI=1S/C23H24BrN3/c1-3-4-6-11-17(2)21-22(18-12-7-5-8-13-18)27-23(26-21)25-16-19-14-9-10-15-20(19)24/h3-15,21-22H,1,16H2,2H3,(H2,25,26,27)/b6-4-,17-11+/t21-,22+/m1/s1. The van der Waals surface area contributed by atoms with Crippen LogP contribution in [0.25, 0.3) is 0 Å². The highest BCUT2D eigenvalue weighted by Crippen LogP contribution is 2.26. The number of hydrogen-bond donors (Lipinski definition) is 2. The first-order valence-electron chi connectivity index (χ1n) is 9.01. The number of nitrogens with one attached hydrogen (secondary N) is 2. The zero-order valence-electron chi connectivity index (χ0n) is 15.4. The lowest BCUT2D eigenvalue weighted by atomic mass is 9.95. The highest BCUT2D eigenvalue weighted by molar-refractivity contribution is 9.10. The summed E-state index contributed by atoms with van der Waals surface area (Å²) in [6.45, 7) is 6.48. The minimum Gasteiger partial charge on any atom is -0.347 e. The van der Waals surface area contributed by atoms with Crippen LogP contribution in [0.4, 0.5) is 0 Å². The van der Waals surface area contributed by atoms with Gasteiger partial charge in [-0.2, -0.15) is 0 Å². The highest BCUT2D eigenvalue weighted by atomic mass is 79.9. The van der Waals surface area contributed by atoms with Crippen LogP contribution in [-0.2, 0) is 6.54 Å². The molecular weight excluding hydrogens is 398 g/mol. The van der Waals surface area contributed by atoms with Crippen LogP contribution in [0.5, 0.6) is 0 Å². The van der Waals surface area contributed by atoms with E-state index in [-0.39, 0.29) is 12.1 Å². The third-order valence-electron chi connectivity index (χ3n) is 4.54. The topological polar surface area (TPSA) is 36.4 Å².